The van der Waals surface area contributed by atoms with Gasteiger partial charge in [0.05, 0.1) is 5.08 Å². The Morgan fingerprint density at radius 2 is 1.21 bits per heavy atom. The third kappa shape index (κ3) is 23.8. The van der Waals surface area contributed by atoms with E-state index in [2.05, 4.69) is 11.8 Å². The minimum atomic E-state index is 0.549. The molecule has 0 fully saturated rings. The zero-order valence-electron chi connectivity index (χ0n) is 15.2. The van der Waals surface area contributed by atoms with Crippen LogP contribution in [0.5, 0.6) is 0 Å². The minimum Gasteiger partial charge on any atom is -0.330 e. The van der Waals surface area contributed by atoms with E-state index in [1.165, 1.54) is 45.1 Å². The second kappa shape index (κ2) is 24.8. The molecule has 7 heteroatoms. The van der Waals surface area contributed by atoms with Gasteiger partial charge in [0.25, 0.3) is 0 Å². The monoisotopic (exact) mass is 373 g/mol. The van der Waals surface area contributed by atoms with Gasteiger partial charge in [-0.3, -0.25) is 0 Å². The van der Waals surface area contributed by atoms with Crippen LogP contribution in [0.25, 0.3) is 0 Å². The summed E-state index contributed by atoms with van der Waals surface area (Å²) < 4.78 is 0. The summed E-state index contributed by atoms with van der Waals surface area (Å²) in [6.07, 6.45) is 10.5. The van der Waals surface area contributed by atoms with Crippen molar-refractivity contribution in [2.24, 2.45) is 11.5 Å². The fraction of sp³-hybridized carbons (Fsp3) is 0.882. The van der Waals surface area contributed by atoms with E-state index < -0.39 is 0 Å². The second-order valence-electron chi connectivity index (χ2n) is 5.48. The Morgan fingerprint density at radius 1 is 0.750 bits per heavy atom. The van der Waals surface area contributed by atoms with Gasteiger partial charge in [-0.05, 0) is 75.5 Å². The highest BCUT2D eigenvalue weighted by Gasteiger charge is 2.03. The Morgan fingerprint density at radius 3 is 1.67 bits per heavy atom. The Hall–Kier alpha value is -0.440. The fourth-order valence-electron chi connectivity index (χ4n) is 2.16. The molecule has 0 bridgehead atoms. The van der Waals surface area contributed by atoms with Crippen molar-refractivity contribution in [1.82, 2.24) is 4.90 Å². The summed E-state index contributed by atoms with van der Waals surface area (Å²) in [7, 11) is 0. The van der Waals surface area contributed by atoms with Crippen molar-refractivity contribution < 1.29 is 0 Å². The summed E-state index contributed by atoms with van der Waals surface area (Å²) in [6, 6.07) is 0. The number of nitriles is 2. The van der Waals surface area contributed by atoms with Crippen LogP contribution in [-0.2, 0) is 0 Å². The van der Waals surface area contributed by atoms with Crippen molar-refractivity contribution in [3.63, 3.8) is 0 Å². The lowest BCUT2D eigenvalue weighted by molar-refractivity contribution is 0.263. The van der Waals surface area contributed by atoms with Gasteiger partial charge in [0.1, 0.15) is 10.8 Å². The molecule has 0 aromatic heterocycles. The molecule has 0 spiro atoms. The summed E-state index contributed by atoms with van der Waals surface area (Å²) >= 11 is 2.16. The molecule has 0 aromatic rings. The molecule has 140 valence electrons. The summed E-state index contributed by atoms with van der Waals surface area (Å²) in [5.74, 6) is 0. The van der Waals surface area contributed by atoms with Crippen molar-refractivity contribution in [2.45, 2.75) is 58.3 Å². The lowest BCUT2D eigenvalue weighted by Crippen LogP contribution is -2.29. The number of unbranched alkanes of at least 4 members (excludes halogenated alkanes) is 5. The number of thiocyanates is 2. The fourth-order valence-corrected chi connectivity index (χ4v) is 2.82. The Kier molecular flexibility index (Phi) is 26.7. The predicted molar refractivity (Wildman–Crippen MR) is 108 cm³/mol. The molecule has 0 saturated heterocycles. The largest absolute Gasteiger partial charge is 0.330 e. The molecule has 5 nitrogen and oxygen atoms in total. The molecule has 0 aliphatic rings. The molecule has 0 aliphatic heterocycles. The van der Waals surface area contributed by atoms with E-state index in [1.807, 2.05) is 10.8 Å². The maximum absolute atomic E-state index is 7.88. The van der Waals surface area contributed by atoms with E-state index in [9.17, 15) is 0 Å². The first-order chi connectivity index (χ1) is 11.8. The Balaban J connectivity index is 0. The third-order valence-electron chi connectivity index (χ3n) is 3.43. The van der Waals surface area contributed by atoms with Crippen LogP contribution >= 0.6 is 23.5 Å². The van der Waals surface area contributed by atoms with Crippen LogP contribution < -0.4 is 11.5 Å². The Labute approximate surface area is 157 Å². The predicted octanol–water partition coefficient (Wildman–Crippen LogP) is 3.72. The number of thioether (sulfide) groups is 2. The average Bonchev–Trinajstić information content (AvgIpc) is 2.60. The van der Waals surface area contributed by atoms with Gasteiger partial charge in [-0.1, -0.05) is 39.0 Å². The smallest absolute Gasteiger partial charge is 0.134 e. The molecule has 0 radical (unpaired) electrons. The van der Waals surface area contributed by atoms with Crippen molar-refractivity contribution in [3.05, 3.63) is 0 Å². The van der Waals surface area contributed by atoms with E-state index in [0.717, 1.165) is 62.5 Å². The van der Waals surface area contributed by atoms with Crippen LogP contribution in [0.4, 0.5) is 0 Å². The van der Waals surface area contributed by atoms with E-state index in [4.69, 9.17) is 22.0 Å². The van der Waals surface area contributed by atoms with Gasteiger partial charge in [0, 0.05) is 0 Å². The average molecular weight is 374 g/mol. The van der Waals surface area contributed by atoms with Crippen molar-refractivity contribution in [3.8, 4) is 10.8 Å². The number of nitrogens with two attached hydrogens (primary N) is 2. The highest BCUT2D eigenvalue weighted by atomic mass is 32.2. The summed E-state index contributed by atoms with van der Waals surface area (Å²) in [5, 5.41) is 20.0. The lowest BCUT2D eigenvalue weighted by Gasteiger charge is -2.21. The minimum absolute atomic E-state index is 0.549. The standard InChI is InChI=1S/C14H33N3.C3H2N2S2/c1-2-3-4-5-6-7-12-17(13-8-10-15)14-9-11-16;4-1-6-3-7-2-5/h2-16H2,1H3;3H2. The van der Waals surface area contributed by atoms with E-state index in [-0.39, 0.29) is 0 Å². The molecule has 0 heterocycles. The second-order valence-corrected chi connectivity index (χ2v) is 7.37. The first-order valence-corrected chi connectivity index (χ1v) is 10.9. The maximum Gasteiger partial charge on any atom is 0.134 e. The summed E-state index contributed by atoms with van der Waals surface area (Å²) in [5.41, 5.74) is 11.1. The molecule has 0 aromatic carbocycles. The van der Waals surface area contributed by atoms with Crippen LogP contribution in [0, 0.1) is 21.3 Å². The summed E-state index contributed by atoms with van der Waals surface area (Å²) in [4.78, 5) is 2.53. The molecule has 24 heavy (non-hydrogen) atoms. The number of nitrogens with zero attached hydrogens (tertiary/aromatic N) is 3. The van der Waals surface area contributed by atoms with Crippen molar-refractivity contribution >= 4 is 23.5 Å². The van der Waals surface area contributed by atoms with Gasteiger partial charge in [0.15, 0.2) is 0 Å². The van der Waals surface area contributed by atoms with Gasteiger partial charge >= 0.3 is 0 Å². The lowest BCUT2D eigenvalue weighted by atomic mass is 10.1. The highest BCUT2D eigenvalue weighted by molar-refractivity contribution is 8.20. The van der Waals surface area contributed by atoms with E-state index in [1.54, 1.807) is 0 Å². The van der Waals surface area contributed by atoms with Crippen molar-refractivity contribution in [2.75, 3.05) is 37.8 Å². The van der Waals surface area contributed by atoms with Crippen LogP contribution in [0.1, 0.15) is 58.3 Å². The van der Waals surface area contributed by atoms with Gasteiger partial charge in [-0.15, -0.1) is 0 Å². The molecule has 0 unspecified atom stereocenters. The molecular weight excluding hydrogens is 338 g/mol. The van der Waals surface area contributed by atoms with Crippen LogP contribution in [0.2, 0.25) is 0 Å². The molecule has 0 amide bonds. The first kappa shape index (κ1) is 25.8. The number of hydrogen-bond donors (Lipinski definition) is 2. The normalized spacial score (nSPS) is 9.92. The highest BCUT2D eigenvalue weighted by Crippen LogP contribution is 2.07. The molecule has 0 atom stereocenters. The topological polar surface area (TPSA) is 103 Å². The van der Waals surface area contributed by atoms with Crippen molar-refractivity contribution in [1.29, 1.82) is 10.5 Å². The van der Waals surface area contributed by atoms with Gasteiger partial charge in [-0.25, -0.2) is 0 Å². The molecular formula is C17H35N5S2. The van der Waals surface area contributed by atoms with E-state index in [0.29, 0.717) is 5.08 Å². The summed E-state index contributed by atoms with van der Waals surface area (Å²) in [6.45, 7) is 7.38. The van der Waals surface area contributed by atoms with Crippen LogP contribution in [0.15, 0.2) is 0 Å². The van der Waals surface area contributed by atoms with Gasteiger partial charge < -0.3 is 16.4 Å². The molecule has 4 N–H and O–H groups in total. The maximum atomic E-state index is 7.88. The van der Waals surface area contributed by atoms with Gasteiger partial charge in [-0.2, -0.15) is 10.5 Å². The zero-order valence-corrected chi connectivity index (χ0v) is 16.8. The van der Waals surface area contributed by atoms with Gasteiger partial charge in [0.2, 0.25) is 0 Å². The van der Waals surface area contributed by atoms with Crippen LogP contribution in [0.3, 0.4) is 0 Å². The molecule has 0 aliphatic carbocycles. The number of rotatable bonds is 15. The van der Waals surface area contributed by atoms with Crippen LogP contribution in [-0.4, -0.2) is 42.7 Å². The molecule has 0 rings (SSSR count). The third-order valence-corrected chi connectivity index (χ3v) is 4.63. The molecule has 0 saturated carbocycles. The number of hydrogen-bond acceptors (Lipinski definition) is 7. The quantitative estimate of drug-likeness (QED) is 0.256. The first-order valence-electron chi connectivity index (χ1n) is 8.91. The Bertz CT molecular complexity index is 293. The van der Waals surface area contributed by atoms with E-state index >= 15 is 0 Å². The SMILES string of the molecule is CCCCCCCCN(CCCN)CCCN.N#CSCSC#N. The zero-order chi connectivity index (χ0) is 18.3.